The molecule has 0 radical (unpaired) electrons. The Morgan fingerprint density at radius 3 is 2.89 bits per heavy atom. The van der Waals surface area contributed by atoms with E-state index in [2.05, 4.69) is 15.4 Å². The zero-order valence-corrected chi connectivity index (χ0v) is 16.7. The van der Waals surface area contributed by atoms with E-state index in [0.717, 1.165) is 55.4 Å². The minimum Gasteiger partial charge on any atom is -0.492 e. The molecular weight excluding hydrogens is 372 g/mol. The van der Waals surface area contributed by atoms with Crippen LogP contribution >= 0.6 is 11.3 Å². The van der Waals surface area contributed by atoms with Crippen LogP contribution in [0.2, 0.25) is 0 Å². The Labute approximate surface area is 168 Å². The highest BCUT2D eigenvalue weighted by Crippen LogP contribution is 2.26. The number of nitrogens with zero attached hydrogens (tertiary/aromatic N) is 4. The molecule has 28 heavy (non-hydrogen) atoms. The lowest BCUT2D eigenvalue weighted by molar-refractivity contribution is 0.0716. The number of hydrogen-bond acceptors (Lipinski definition) is 5. The first kappa shape index (κ1) is 17.7. The quantitative estimate of drug-likeness (QED) is 0.681. The van der Waals surface area contributed by atoms with Gasteiger partial charge in [0.2, 0.25) is 0 Å². The number of imidazole rings is 1. The van der Waals surface area contributed by atoms with Gasteiger partial charge in [-0.1, -0.05) is 18.2 Å². The van der Waals surface area contributed by atoms with Crippen molar-refractivity contribution >= 4 is 22.2 Å². The summed E-state index contributed by atoms with van der Waals surface area (Å²) in [7, 11) is 0. The molecule has 3 aromatic rings. The average Bonchev–Trinajstić information content (AvgIpc) is 3.25. The molecule has 2 aromatic heterocycles. The molecule has 0 bridgehead atoms. The van der Waals surface area contributed by atoms with Crippen molar-refractivity contribution < 1.29 is 9.53 Å². The maximum absolute atomic E-state index is 13.2. The molecule has 1 saturated heterocycles. The van der Waals surface area contributed by atoms with E-state index in [1.54, 1.807) is 11.3 Å². The summed E-state index contributed by atoms with van der Waals surface area (Å²) in [5.41, 5.74) is 2.80. The Morgan fingerprint density at radius 2 is 2.00 bits per heavy atom. The molecule has 0 saturated carbocycles. The van der Waals surface area contributed by atoms with Crippen LogP contribution in [0.3, 0.4) is 0 Å². The predicted octanol–water partition coefficient (Wildman–Crippen LogP) is 3.42. The fraction of sp³-hybridized carbons (Fsp3) is 0.429. The summed E-state index contributed by atoms with van der Waals surface area (Å²) in [5.74, 6) is 1.04. The van der Waals surface area contributed by atoms with Crippen LogP contribution < -0.4 is 4.74 Å². The molecule has 6 nitrogen and oxygen atoms in total. The van der Waals surface area contributed by atoms with Gasteiger partial charge in [0, 0.05) is 49.9 Å². The van der Waals surface area contributed by atoms with Gasteiger partial charge < -0.3 is 9.64 Å². The summed E-state index contributed by atoms with van der Waals surface area (Å²) in [4.78, 5) is 23.1. The van der Waals surface area contributed by atoms with Crippen LogP contribution in [0.1, 0.15) is 41.0 Å². The second-order valence-corrected chi connectivity index (χ2v) is 8.36. The van der Waals surface area contributed by atoms with Gasteiger partial charge in [0.1, 0.15) is 12.4 Å². The molecule has 2 aliphatic heterocycles. The Morgan fingerprint density at radius 1 is 1.14 bits per heavy atom. The van der Waals surface area contributed by atoms with Crippen molar-refractivity contribution in [2.45, 2.75) is 32.4 Å². The number of amides is 1. The fourth-order valence-corrected chi connectivity index (χ4v) is 4.86. The SMILES string of the molecule is O=C(c1nc2sccn2c1CN1CCOc2ccccc2C1)N1CCCCC1. The zero-order chi connectivity index (χ0) is 18.9. The molecule has 0 aliphatic carbocycles. The number of carbonyl (C=O) groups is 1. The molecule has 4 heterocycles. The van der Waals surface area contributed by atoms with E-state index in [1.165, 1.54) is 12.0 Å². The summed E-state index contributed by atoms with van der Waals surface area (Å²) in [6.07, 6.45) is 5.41. The third kappa shape index (κ3) is 3.29. The highest BCUT2D eigenvalue weighted by Gasteiger charge is 2.27. The van der Waals surface area contributed by atoms with E-state index in [0.29, 0.717) is 18.8 Å². The maximum Gasteiger partial charge on any atom is 0.274 e. The lowest BCUT2D eigenvalue weighted by Crippen LogP contribution is -2.37. The van der Waals surface area contributed by atoms with Gasteiger partial charge in [0.25, 0.3) is 5.91 Å². The number of aromatic nitrogens is 2. The van der Waals surface area contributed by atoms with Gasteiger partial charge in [-0.15, -0.1) is 11.3 Å². The largest absolute Gasteiger partial charge is 0.492 e. The summed E-state index contributed by atoms with van der Waals surface area (Å²) < 4.78 is 7.99. The number of hydrogen-bond donors (Lipinski definition) is 0. The number of ether oxygens (including phenoxy) is 1. The second-order valence-electron chi connectivity index (χ2n) is 7.48. The van der Waals surface area contributed by atoms with Crippen LogP contribution in [-0.4, -0.2) is 51.3 Å². The standard InChI is InChI=1S/C21H24N4O2S/c26-20(24-8-4-1-5-9-24)19-17(25-11-13-28-21(25)22-19)15-23-10-12-27-18-7-3-2-6-16(18)14-23/h2-3,6-7,11,13H,1,4-5,8-10,12,14-15H2. The van der Waals surface area contributed by atoms with Gasteiger partial charge in [0.15, 0.2) is 10.7 Å². The highest BCUT2D eigenvalue weighted by molar-refractivity contribution is 7.15. The zero-order valence-electron chi connectivity index (χ0n) is 15.8. The Bertz CT molecular complexity index is 989. The second kappa shape index (κ2) is 7.56. The van der Waals surface area contributed by atoms with E-state index in [9.17, 15) is 4.79 Å². The van der Waals surface area contributed by atoms with Crippen molar-refractivity contribution in [3.05, 3.63) is 52.8 Å². The number of carbonyl (C=O) groups excluding carboxylic acids is 1. The molecule has 1 fully saturated rings. The first-order valence-electron chi connectivity index (χ1n) is 9.96. The number of piperidine rings is 1. The molecular formula is C21H24N4O2S. The van der Waals surface area contributed by atoms with Gasteiger partial charge in [-0.25, -0.2) is 4.98 Å². The average molecular weight is 397 g/mol. The molecule has 1 aromatic carbocycles. The molecule has 0 atom stereocenters. The summed E-state index contributed by atoms with van der Waals surface area (Å²) in [6.45, 7) is 4.65. The Balaban J connectivity index is 1.45. The van der Waals surface area contributed by atoms with Crippen LogP contribution in [0, 0.1) is 0 Å². The molecule has 7 heteroatoms. The molecule has 0 N–H and O–H groups in total. The topological polar surface area (TPSA) is 50.1 Å². The Kier molecular flexibility index (Phi) is 4.78. The number of para-hydroxylation sites is 1. The van der Waals surface area contributed by atoms with E-state index >= 15 is 0 Å². The number of fused-ring (bicyclic) bond motifs is 2. The predicted molar refractivity (Wildman–Crippen MR) is 109 cm³/mol. The van der Waals surface area contributed by atoms with Crippen molar-refractivity contribution in [3.8, 4) is 5.75 Å². The molecule has 5 rings (SSSR count). The van der Waals surface area contributed by atoms with E-state index < -0.39 is 0 Å². The van der Waals surface area contributed by atoms with E-state index in [4.69, 9.17) is 9.72 Å². The van der Waals surface area contributed by atoms with Crippen LogP contribution in [0.4, 0.5) is 0 Å². The van der Waals surface area contributed by atoms with Crippen LogP contribution in [0.15, 0.2) is 35.8 Å². The van der Waals surface area contributed by atoms with Crippen LogP contribution in [0.5, 0.6) is 5.75 Å². The lowest BCUT2D eigenvalue weighted by atomic mass is 10.1. The number of benzene rings is 1. The molecule has 0 unspecified atom stereocenters. The van der Waals surface area contributed by atoms with Gasteiger partial charge in [-0.05, 0) is 25.3 Å². The van der Waals surface area contributed by atoms with Crippen molar-refractivity contribution in [1.29, 1.82) is 0 Å². The maximum atomic E-state index is 13.2. The molecule has 2 aliphatic rings. The minimum absolute atomic E-state index is 0.0806. The first-order chi connectivity index (χ1) is 13.8. The fourth-order valence-electron chi connectivity index (χ4n) is 4.13. The third-order valence-electron chi connectivity index (χ3n) is 5.61. The Hall–Kier alpha value is -2.38. The molecule has 146 valence electrons. The minimum atomic E-state index is 0.0806. The monoisotopic (exact) mass is 396 g/mol. The summed E-state index contributed by atoms with van der Waals surface area (Å²) in [5, 5.41) is 2.03. The van der Waals surface area contributed by atoms with Crippen LogP contribution in [-0.2, 0) is 13.1 Å². The summed E-state index contributed by atoms with van der Waals surface area (Å²) >= 11 is 1.58. The highest BCUT2D eigenvalue weighted by atomic mass is 32.1. The number of likely N-dealkylation sites (tertiary alicyclic amines) is 1. The van der Waals surface area contributed by atoms with Crippen molar-refractivity contribution in [2.75, 3.05) is 26.2 Å². The van der Waals surface area contributed by atoms with E-state index in [-0.39, 0.29) is 5.91 Å². The van der Waals surface area contributed by atoms with Crippen LogP contribution in [0.25, 0.3) is 4.96 Å². The van der Waals surface area contributed by atoms with Gasteiger partial charge in [-0.3, -0.25) is 14.1 Å². The van der Waals surface area contributed by atoms with Crippen molar-refractivity contribution in [2.24, 2.45) is 0 Å². The van der Waals surface area contributed by atoms with Gasteiger partial charge >= 0.3 is 0 Å². The van der Waals surface area contributed by atoms with E-state index in [1.807, 2.05) is 34.7 Å². The summed E-state index contributed by atoms with van der Waals surface area (Å²) in [6, 6.07) is 8.20. The normalized spacial score (nSPS) is 17.9. The number of thiazole rings is 1. The third-order valence-corrected chi connectivity index (χ3v) is 6.37. The molecule has 1 amide bonds. The van der Waals surface area contributed by atoms with Gasteiger partial charge in [0.05, 0.1) is 5.69 Å². The smallest absolute Gasteiger partial charge is 0.274 e. The van der Waals surface area contributed by atoms with Gasteiger partial charge in [-0.2, -0.15) is 0 Å². The first-order valence-corrected chi connectivity index (χ1v) is 10.8. The van der Waals surface area contributed by atoms with Crippen molar-refractivity contribution in [1.82, 2.24) is 19.2 Å². The lowest BCUT2D eigenvalue weighted by Gasteiger charge is -2.27. The molecule has 0 spiro atoms. The number of rotatable bonds is 3. The van der Waals surface area contributed by atoms with Crippen molar-refractivity contribution in [3.63, 3.8) is 0 Å².